The fraction of sp³-hybridized carbons (Fsp3) is 0.263. The summed E-state index contributed by atoms with van der Waals surface area (Å²) in [4.78, 5) is 26.6. The van der Waals surface area contributed by atoms with Crippen LogP contribution in [0.2, 0.25) is 0 Å². The lowest BCUT2D eigenvalue weighted by atomic mass is 10.1. The summed E-state index contributed by atoms with van der Waals surface area (Å²) in [7, 11) is 1.90. The van der Waals surface area contributed by atoms with Gasteiger partial charge in [0.15, 0.2) is 0 Å². The maximum absolute atomic E-state index is 13.2. The zero-order chi connectivity index (χ0) is 18.4. The van der Waals surface area contributed by atoms with Crippen LogP contribution in [-0.2, 0) is 20.1 Å². The molecule has 1 aromatic carbocycles. The van der Waals surface area contributed by atoms with E-state index in [1.54, 1.807) is 17.7 Å². The molecule has 1 aliphatic heterocycles. The highest BCUT2D eigenvalue weighted by Crippen LogP contribution is 2.25. The number of nitrogens with zero attached hydrogens (tertiary/aromatic N) is 3. The number of aryl methyl sites for hydroxylation is 1. The minimum Gasteiger partial charge on any atom is -0.347 e. The zero-order valence-corrected chi connectivity index (χ0v) is 14.6. The molecule has 2 N–H and O–H groups in total. The molecule has 0 saturated heterocycles. The lowest BCUT2D eigenvalue weighted by Gasteiger charge is -2.34. The molecular weight excluding hydrogens is 332 g/mol. The van der Waals surface area contributed by atoms with Gasteiger partial charge in [-0.1, -0.05) is 18.2 Å². The second-order valence-electron chi connectivity index (χ2n) is 6.74. The third-order valence-corrected chi connectivity index (χ3v) is 5.11. The third-order valence-electron chi connectivity index (χ3n) is 5.11. The highest BCUT2D eigenvalue weighted by Gasteiger charge is 2.30. The Kier molecular flexibility index (Phi) is 3.81. The Morgan fingerprint density at radius 1 is 1.23 bits per heavy atom. The maximum atomic E-state index is 13.2. The fourth-order valence-electron chi connectivity index (χ4n) is 3.67. The number of rotatable bonds is 2. The van der Waals surface area contributed by atoms with Crippen LogP contribution in [0.15, 0.2) is 42.6 Å². The van der Waals surface area contributed by atoms with E-state index in [2.05, 4.69) is 0 Å². The summed E-state index contributed by atoms with van der Waals surface area (Å²) in [6.07, 6.45) is 1.70. The molecule has 2 amide bonds. The molecule has 2 aromatic heterocycles. The van der Waals surface area contributed by atoms with Gasteiger partial charge in [0.25, 0.3) is 11.8 Å². The van der Waals surface area contributed by atoms with Crippen molar-refractivity contribution in [1.82, 2.24) is 19.5 Å². The van der Waals surface area contributed by atoms with Crippen molar-refractivity contribution in [3.8, 4) is 0 Å². The van der Waals surface area contributed by atoms with E-state index in [1.807, 2.05) is 58.3 Å². The molecule has 0 bridgehead atoms. The first-order valence-corrected chi connectivity index (χ1v) is 8.48. The van der Waals surface area contributed by atoms with Gasteiger partial charge in [-0.3, -0.25) is 14.8 Å². The second kappa shape index (κ2) is 6.03. The number of hydrogen-bond acceptors (Lipinski definition) is 3. The van der Waals surface area contributed by atoms with Crippen LogP contribution in [0.25, 0.3) is 10.9 Å². The number of para-hydroxylation sites is 1. The van der Waals surface area contributed by atoms with Gasteiger partial charge in [0.2, 0.25) is 0 Å². The van der Waals surface area contributed by atoms with Crippen LogP contribution in [-0.4, -0.2) is 37.1 Å². The summed E-state index contributed by atoms with van der Waals surface area (Å²) >= 11 is 0. The summed E-state index contributed by atoms with van der Waals surface area (Å²) in [6, 6.07) is 11.5. The number of carbonyl (C=O) groups excluding carboxylic acids is 2. The minimum absolute atomic E-state index is 0.00884. The smallest absolute Gasteiger partial charge is 0.276 e. The summed E-state index contributed by atoms with van der Waals surface area (Å²) in [6.45, 7) is 3.01. The predicted octanol–water partition coefficient (Wildman–Crippen LogP) is 2.14. The Morgan fingerprint density at radius 2 is 2.00 bits per heavy atom. The van der Waals surface area contributed by atoms with E-state index in [-0.39, 0.29) is 11.9 Å². The predicted molar refractivity (Wildman–Crippen MR) is 95.9 cm³/mol. The van der Waals surface area contributed by atoms with Crippen LogP contribution >= 0.6 is 0 Å². The molecule has 1 atom stereocenters. The average Bonchev–Trinajstić information content (AvgIpc) is 3.21. The van der Waals surface area contributed by atoms with Gasteiger partial charge in [0, 0.05) is 42.4 Å². The zero-order valence-electron chi connectivity index (χ0n) is 14.6. The topological polar surface area (TPSA) is 79.5 Å². The molecule has 134 valence electrons. The van der Waals surface area contributed by atoms with Crippen LogP contribution in [0, 0.1) is 0 Å². The number of carbonyl (C=O) groups is 2. The molecule has 7 nitrogen and oxygen atoms in total. The van der Waals surface area contributed by atoms with Gasteiger partial charge in [-0.05, 0) is 25.1 Å². The van der Waals surface area contributed by atoms with Gasteiger partial charge in [-0.15, -0.1) is 0 Å². The molecule has 7 heteroatoms. The SMILES string of the molecule is CC1Cn2cc(C(=O)NO)cc2CN1C(=O)c1cc2ccccc2n1C. The Hall–Kier alpha value is -3.06. The lowest BCUT2D eigenvalue weighted by Crippen LogP contribution is -2.45. The third kappa shape index (κ3) is 2.48. The number of hydroxylamine groups is 1. The largest absolute Gasteiger partial charge is 0.347 e. The van der Waals surface area contributed by atoms with Gasteiger partial charge in [-0.25, -0.2) is 5.48 Å². The first-order valence-electron chi connectivity index (χ1n) is 8.48. The summed E-state index contributed by atoms with van der Waals surface area (Å²) < 4.78 is 3.88. The first-order chi connectivity index (χ1) is 12.5. The van der Waals surface area contributed by atoms with E-state index in [0.29, 0.717) is 24.3 Å². The summed E-state index contributed by atoms with van der Waals surface area (Å²) in [5.41, 5.74) is 4.56. The highest BCUT2D eigenvalue weighted by atomic mass is 16.5. The summed E-state index contributed by atoms with van der Waals surface area (Å²) in [5, 5.41) is 9.85. The van der Waals surface area contributed by atoms with Gasteiger partial charge in [0.1, 0.15) is 5.69 Å². The molecule has 26 heavy (non-hydrogen) atoms. The molecule has 4 rings (SSSR count). The van der Waals surface area contributed by atoms with Crippen molar-refractivity contribution in [2.24, 2.45) is 7.05 Å². The van der Waals surface area contributed by atoms with Crippen LogP contribution in [0.5, 0.6) is 0 Å². The normalized spacial score (nSPS) is 16.6. The number of aromatic nitrogens is 2. The minimum atomic E-state index is -0.550. The molecule has 1 unspecified atom stereocenters. The number of nitrogens with one attached hydrogen (secondary N) is 1. The van der Waals surface area contributed by atoms with Crippen molar-refractivity contribution >= 4 is 22.7 Å². The number of fused-ring (bicyclic) bond motifs is 2. The Balaban J connectivity index is 1.67. The van der Waals surface area contributed by atoms with Crippen LogP contribution in [0.3, 0.4) is 0 Å². The molecule has 0 spiro atoms. The monoisotopic (exact) mass is 352 g/mol. The Labute approximate surface area is 150 Å². The maximum Gasteiger partial charge on any atom is 0.276 e. The molecular formula is C19H20N4O3. The Bertz CT molecular complexity index is 1020. The lowest BCUT2D eigenvalue weighted by molar-refractivity contribution is 0.0606. The fourth-order valence-corrected chi connectivity index (χ4v) is 3.67. The number of benzene rings is 1. The molecule has 1 aliphatic rings. The van der Waals surface area contributed by atoms with Crippen molar-refractivity contribution in [2.75, 3.05) is 0 Å². The molecule has 0 saturated carbocycles. The molecule has 0 radical (unpaired) electrons. The average molecular weight is 352 g/mol. The molecule has 0 fully saturated rings. The Morgan fingerprint density at radius 3 is 2.73 bits per heavy atom. The van der Waals surface area contributed by atoms with E-state index in [9.17, 15) is 9.59 Å². The van der Waals surface area contributed by atoms with E-state index >= 15 is 0 Å². The van der Waals surface area contributed by atoms with Crippen molar-refractivity contribution < 1.29 is 14.8 Å². The van der Waals surface area contributed by atoms with E-state index < -0.39 is 5.91 Å². The standard InChI is InChI=1S/C19H20N4O3/c1-12-9-22-10-14(18(24)20-26)7-15(22)11-23(12)19(25)17-8-13-5-3-4-6-16(13)21(17)2/h3-8,10,12,26H,9,11H2,1-2H3,(H,20,24). The van der Waals surface area contributed by atoms with E-state index in [4.69, 9.17) is 5.21 Å². The van der Waals surface area contributed by atoms with Gasteiger partial charge in [0.05, 0.1) is 12.1 Å². The molecule has 3 heterocycles. The van der Waals surface area contributed by atoms with E-state index in [0.717, 1.165) is 16.6 Å². The van der Waals surface area contributed by atoms with Gasteiger partial charge < -0.3 is 14.0 Å². The van der Waals surface area contributed by atoms with Crippen molar-refractivity contribution in [3.05, 3.63) is 59.5 Å². The van der Waals surface area contributed by atoms with Gasteiger partial charge in [-0.2, -0.15) is 0 Å². The van der Waals surface area contributed by atoms with Crippen LogP contribution in [0.1, 0.15) is 33.5 Å². The molecule has 3 aromatic rings. The van der Waals surface area contributed by atoms with Crippen LogP contribution in [0.4, 0.5) is 0 Å². The van der Waals surface area contributed by atoms with Crippen LogP contribution < -0.4 is 5.48 Å². The highest BCUT2D eigenvalue weighted by molar-refractivity contribution is 5.99. The van der Waals surface area contributed by atoms with Crippen molar-refractivity contribution in [1.29, 1.82) is 0 Å². The number of hydrogen-bond donors (Lipinski definition) is 2. The van der Waals surface area contributed by atoms with E-state index in [1.165, 1.54) is 0 Å². The first kappa shape index (κ1) is 16.4. The van der Waals surface area contributed by atoms with Crippen molar-refractivity contribution in [2.45, 2.75) is 26.1 Å². The second-order valence-corrected chi connectivity index (χ2v) is 6.74. The summed E-state index contributed by atoms with van der Waals surface area (Å²) in [5.74, 6) is -0.581. The molecule has 0 aliphatic carbocycles. The van der Waals surface area contributed by atoms with Gasteiger partial charge >= 0.3 is 0 Å². The quantitative estimate of drug-likeness (QED) is 0.548. The number of amides is 2. The van der Waals surface area contributed by atoms with Crippen molar-refractivity contribution in [3.63, 3.8) is 0 Å².